The van der Waals surface area contributed by atoms with E-state index in [0.29, 0.717) is 0 Å². The van der Waals surface area contributed by atoms with Crippen molar-refractivity contribution in [3.05, 3.63) is 29.8 Å². The van der Waals surface area contributed by atoms with Gasteiger partial charge in [0.05, 0.1) is 0 Å². The molecule has 1 aromatic carbocycles. The highest BCUT2D eigenvalue weighted by molar-refractivity contribution is 6.52. The van der Waals surface area contributed by atoms with E-state index in [1.165, 1.54) is 30.5 Å². The van der Waals surface area contributed by atoms with E-state index in [4.69, 9.17) is 4.43 Å². The van der Waals surface area contributed by atoms with E-state index in [2.05, 4.69) is 45.0 Å². The first-order valence-corrected chi connectivity index (χ1v) is 7.68. The first kappa shape index (κ1) is 12.3. The first-order chi connectivity index (χ1) is 7.27. The number of hydrogen-bond acceptors (Lipinski definition) is 1. The predicted octanol–water partition coefficient (Wildman–Crippen LogP) is 4.19. The predicted molar refractivity (Wildman–Crippen MR) is 67.8 cm³/mol. The maximum atomic E-state index is 6.13. The lowest BCUT2D eigenvalue weighted by molar-refractivity contribution is 0.554. The molecule has 0 N–H and O–H groups in total. The van der Waals surface area contributed by atoms with Gasteiger partial charge in [0.15, 0.2) is 0 Å². The summed E-state index contributed by atoms with van der Waals surface area (Å²) in [6.45, 7) is 6.59. The first-order valence-electron chi connectivity index (χ1n) is 5.86. The van der Waals surface area contributed by atoms with E-state index >= 15 is 0 Å². The summed E-state index contributed by atoms with van der Waals surface area (Å²) in [5.74, 6) is 1.09. The van der Waals surface area contributed by atoms with Crippen LogP contribution in [0.25, 0.3) is 0 Å². The molecule has 0 spiro atoms. The van der Waals surface area contributed by atoms with Crippen molar-refractivity contribution in [3.8, 4) is 5.75 Å². The van der Waals surface area contributed by atoms with Crippen molar-refractivity contribution in [3.63, 3.8) is 0 Å². The van der Waals surface area contributed by atoms with E-state index in [1.54, 1.807) is 0 Å². The fraction of sp³-hybridized carbons (Fsp3) is 0.538. The van der Waals surface area contributed by atoms with Crippen molar-refractivity contribution in [2.45, 2.75) is 45.7 Å². The molecule has 0 saturated heterocycles. The number of benzene rings is 1. The Morgan fingerprint density at radius 1 is 1.07 bits per heavy atom. The number of hydrogen-bond donors (Lipinski definition) is 0. The summed E-state index contributed by atoms with van der Waals surface area (Å²) >= 11 is 0. The number of rotatable bonds is 6. The van der Waals surface area contributed by atoms with Gasteiger partial charge in [-0.05, 0) is 30.6 Å². The van der Waals surface area contributed by atoms with E-state index in [-0.39, 0.29) is 0 Å². The third kappa shape index (κ3) is 4.08. The Hall–Kier alpha value is -0.763. The van der Waals surface area contributed by atoms with Crippen molar-refractivity contribution in [2.75, 3.05) is 0 Å². The highest BCUT2D eigenvalue weighted by Gasteiger charge is 2.13. The van der Waals surface area contributed by atoms with Gasteiger partial charge in [-0.15, -0.1) is 0 Å². The SMILES string of the molecule is CCC[Si](CCC)Oc1ccccc1C. The van der Waals surface area contributed by atoms with Crippen LogP contribution in [0, 0.1) is 6.92 Å². The van der Waals surface area contributed by atoms with Gasteiger partial charge in [-0.25, -0.2) is 0 Å². The third-order valence-electron chi connectivity index (χ3n) is 2.41. The second kappa shape index (κ2) is 6.67. The molecule has 1 nitrogen and oxygen atoms in total. The van der Waals surface area contributed by atoms with Crippen LogP contribution in [-0.2, 0) is 0 Å². The highest BCUT2D eigenvalue weighted by atomic mass is 28.3. The van der Waals surface area contributed by atoms with Crippen LogP contribution >= 0.6 is 0 Å². The zero-order valence-corrected chi connectivity index (χ0v) is 11.0. The fourth-order valence-electron chi connectivity index (χ4n) is 1.61. The minimum atomic E-state index is -0.621. The van der Waals surface area contributed by atoms with Gasteiger partial charge in [-0.1, -0.05) is 44.9 Å². The van der Waals surface area contributed by atoms with E-state index < -0.39 is 9.04 Å². The Balaban J connectivity index is 2.60. The Morgan fingerprint density at radius 3 is 2.20 bits per heavy atom. The summed E-state index contributed by atoms with van der Waals surface area (Å²) in [6, 6.07) is 10.8. The van der Waals surface area contributed by atoms with Gasteiger partial charge in [0.2, 0.25) is 0 Å². The fourth-order valence-corrected chi connectivity index (χ4v) is 3.72. The Labute approximate surface area is 95.2 Å². The van der Waals surface area contributed by atoms with Crippen LogP contribution in [0.4, 0.5) is 0 Å². The van der Waals surface area contributed by atoms with Crippen LogP contribution in [0.3, 0.4) is 0 Å². The summed E-state index contributed by atoms with van der Waals surface area (Å²) in [5, 5.41) is 0. The average molecular weight is 221 g/mol. The summed E-state index contributed by atoms with van der Waals surface area (Å²) < 4.78 is 6.13. The largest absolute Gasteiger partial charge is 0.542 e. The molecule has 2 heteroatoms. The Bertz CT molecular complexity index is 280. The molecule has 0 atom stereocenters. The standard InChI is InChI=1S/C13H21OSi/c1-4-10-15(11-5-2)14-13-9-7-6-8-12(13)3/h6-9H,4-5,10-11H2,1-3H3. The van der Waals surface area contributed by atoms with Crippen LogP contribution < -0.4 is 4.43 Å². The molecular formula is C13H21OSi. The van der Waals surface area contributed by atoms with Crippen LogP contribution in [0.1, 0.15) is 32.3 Å². The molecule has 0 aliphatic carbocycles. The molecule has 0 aromatic heterocycles. The minimum Gasteiger partial charge on any atom is -0.542 e. The summed E-state index contributed by atoms with van der Waals surface area (Å²) in [7, 11) is -0.621. The Kier molecular flexibility index (Phi) is 5.47. The zero-order chi connectivity index (χ0) is 11.1. The lowest BCUT2D eigenvalue weighted by Crippen LogP contribution is -2.21. The quantitative estimate of drug-likeness (QED) is 0.655. The molecule has 1 radical (unpaired) electrons. The molecule has 0 unspecified atom stereocenters. The lowest BCUT2D eigenvalue weighted by atomic mass is 10.2. The van der Waals surface area contributed by atoms with Gasteiger partial charge in [0, 0.05) is 0 Å². The van der Waals surface area contributed by atoms with Crippen molar-refractivity contribution >= 4 is 9.04 Å². The monoisotopic (exact) mass is 221 g/mol. The van der Waals surface area contributed by atoms with Gasteiger partial charge < -0.3 is 4.43 Å². The van der Waals surface area contributed by atoms with Gasteiger partial charge in [-0.2, -0.15) is 0 Å². The normalized spacial score (nSPS) is 10.7. The molecule has 1 rings (SSSR count). The van der Waals surface area contributed by atoms with E-state index in [0.717, 1.165) is 5.75 Å². The van der Waals surface area contributed by atoms with Crippen LogP contribution in [-0.4, -0.2) is 9.04 Å². The zero-order valence-electron chi connectivity index (χ0n) is 10.0. The van der Waals surface area contributed by atoms with Crippen molar-refractivity contribution in [2.24, 2.45) is 0 Å². The summed E-state index contributed by atoms with van der Waals surface area (Å²) in [4.78, 5) is 0. The second-order valence-corrected chi connectivity index (χ2v) is 6.19. The molecule has 0 aliphatic heterocycles. The summed E-state index contributed by atoms with van der Waals surface area (Å²) in [6.07, 6.45) is 2.47. The minimum absolute atomic E-state index is 0.621. The molecule has 0 heterocycles. The molecule has 1 aromatic rings. The number of aryl methyl sites for hydroxylation is 1. The topological polar surface area (TPSA) is 9.23 Å². The van der Waals surface area contributed by atoms with Gasteiger partial charge >= 0.3 is 0 Å². The summed E-state index contributed by atoms with van der Waals surface area (Å²) in [5.41, 5.74) is 1.26. The molecule has 83 valence electrons. The van der Waals surface area contributed by atoms with Crippen molar-refractivity contribution in [1.82, 2.24) is 0 Å². The van der Waals surface area contributed by atoms with Crippen LogP contribution in [0.2, 0.25) is 12.1 Å². The third-order valence-corrected chi connectivity index (χ3v) is 5.03. The van der Waals surface area contributed by atoms with Gasteiger partial charge in [0.25, 0.3) is 9.04 Å². The van der Waals surface area contributed by atoms with E-state index in [1.807, 2.05) is 0 Å². The van der Waals surface area contributed by atoms with Crippen molar-refractivity contribution < 1.29 is 4.43 Å². The van der Waals surface area contributed by atoms with Gasteiger partial charge in [-0.3, -0.25) is 0 Å². The van der Waals surface area contributed by atoms with Crippen LogP contribution in [0.5, 0.6) is 5.75 Å². The number of para-hydroxylation sites is 1. The molecule has 0 saturated carbocycles. The molecule has 0 bridgehead atoms. The Morgan fingerprint density at radius 2 is 1.67 bits per heavy atom. The lowest BCUT2D eigenvalue weighted by Gasteiger charge is -2.16. The average Bonchev–Trinajstić information content (AvgIpc) is 2.22. The van der Waals surface area contributed by atoms with Crippen LogP contribution in [0.15, 0.2) is 24.3 Å². The van der Waals surface area contributed by atoms with Gasteiger partial charge in [0.1, 0.15) is 5.75 Å². The highest BCUT2D eigenvalue weighted by Crippen LogP contribution is 2.20. The molecule has 15 heavy (non-hydrogen) atoms. The maximum Gasteiger partial charge on any atom is 0.280 e. The van der Waals surface area contributed by atoms with Crippen molar-refractivity contribution in [1.29, 1.82) is 0 Å². The molecule has 0 amide bonds. The van der Waals surface area contributed by atoms with E-state index in [9.17, 15) is 0 Å². The molecular weight excluding hydrogens is 200 g/mol. The maximum absolute atomic E-state index is 6.13. The molecule has 0 aliphatic rings. The molecule has 0 fully saturated rings. The second-order valence-electron chi connectivity index (χ2n) is 3.91. The smallest absolute Gasteiger partial charge is 0.280 e.